The minimum Gasteiger partial charge on any atom is -0.466 e. The van der Waals surface area contributed by atoms with Crippen LogP contribution in [-0.4, -0.2) is 37.7 Å². The van der Waals surface area contributed by atoms with Crippen molar-refractivity contribution in [3.63, 3.8) is 0 Å². The number of benzene rings is 2. The van der Waals surface area contributed by atoms with Gasteiger partial charge in [0.25, 0.3) is 0 Å². The third kappa shape index (κ3) is 5.81. The van der Waals surface area contributed by atoms with Crippen LogP contribution < -0.4 is 5.32 Å². The molecule has 0 spiro atoms. The lowest BCUT2D eigenvalue weighted by Gasteiger charge is -2.15. The van der Waals surface area contributed by atoms with Crippen molar-refractivity contribution in [2.24, 2.45) is 4.99 Å². The van der Waals surface area contributed by atoms with Crippen LogP contribution >= 0.6 is 0 Å². The van der Waals surface area contributed by atoms with Crippen LogP contribution in [0.1, 0.15) is 30.0 Å². The number of nitrogens with zero attached hydrogens (tertiary/aromatic N) is 1. The minimum absolute atomic E-state index is 0.224. The fourth-order valence-electron chi connectivity index (χ4n) is 2.98. The number of nitrogens with one attached hydrogen (secondary N) is 1. The van der Waals surface area contributed by atoms with E-state index in [2.05, 4.69) is 10.3 Å². The number of rotatable bonds is 8. The minimum atomic E-state index is -0.791. The fraction of sp³-hybridized carbons (Fsp3) is 0.318. The summed E-state index contributed by atoms with van der Waals surface area (Å²) in [6, 6.07) is 18.5. The maximum absolute atomic E-state index is 12.1. The van der Waals surface area contributed by atoms with Crippen LogP contribution in [0.15, 0.2) is 65.7 Å². The van der Waals surface area contributed by atoms with Crippen LogP contribution in [0, 0.1) is 0 Å². The zero-order valence-electron chi connectivity index (χ0n) is 16.2. The Morgan fingerprint density at radius 3 is 2.45 bits per heavy atom. The lowest BCUT2D eigenvalue weighted by Crippen LogP contribution is -2.28. The summed E-state index contributed by atoms with van der Waals surface area (Å²) in [5, 5.41) is 2.70. The largest absolute Gasteiger partial charge is 0.466 e. The number of hydrogen-bond donors (Lipinski definition) is 1. The summed E-state index contributed by atoms with van der Waals surface area (Å²) in [6.07, 6.45) is -0.163. The standard InChI is InChI=1S/C22H24N2O5/c1-27-21(25)20-19(17-11-6-3-7-12-17)24-18(29-20)13-8-14-23-22(26)28-15-16-9-4-2-5-10-16/h2-7,9-12,19-20H,8,13-15H2,1H3,(H,23,26)/t19-,20+/m0/s1. The van der Waals surface area contributed by atoms with Crippen LogP contribution in [-0.2, 0) is 25.6 Å². The lowest BCUT2D eigenvalue weighted by atomic mass is 10.0. The van der Waals surface area contributed by atoms with Crippen LogP contribution in [0.25, 0.3) is 0 Å². The van der Waals surface area contributed by atoms with E-state index in [-0.39, 0.29) is 6.61 Å². The molecule has 0 bridgehead atoms. The molecular formula is C22H24N2O5. The van der Waals surface area contributed by atoms with Crippen molar-refractivity contribution in [1.82, 2.24) is 5.32 Å². The maximum atomic E-state index is 12.1. The second-order valence-corrected chi connectivity index (χ2v) is 6.53. The average Bonchev–Trinajstić information content (AvgIpc) is 3.20. The van der Waals surface area contributed by atoms with Gasteiger partial charge in [-0.3, -0.25) is 0 Å². The van der Waals surface area contributed by atoms with E-state index in [1.165, 1.54) is 7.11 Å². The van der Waals surface area contributed by atoms with Gasteiger partial charge in [0.05, 0.1) is 7.11 Å². The van der Waals surface area contributed by atoms with Gasteiger partial charge in [-0.25, -0.2) is 14.6 Å². The summed E-state index contributed by atoms with van der Waals surface area (Å²) in [5.41, 5.74) is 1.82. The summed E-state index contributed by atoms with van der Waals surface area (Å²) in [7, 11) is 1.33. The van der Waals surface area contributed by atoms with Gasteiger partial charge < -0.3 is 19.5 Å². The van der Waals surface area contributed by atoms with Crippen molar-refractivity contribution >= 4 is 18.0 Å². The van der Waals surface area contributed by atoms with E-state index in [0.29, 0.717) is 25.3 Å². The number of amides is 1. The van der Waals surface area contributed by atoms with Gasteiger partial charge in [-0.2, -0.15) is 0 Å². The van der Waals surface area contributed by atoms with Gasteiger partial charge in [-0.15, -0.1) is 0 Å². The van der Waals surface area contributed by atoms with Gasteiger partial charge in [0, 0.05) is 13.0 Å². The molecule has 0 saturated heterocycles. The van der Waals surface area contributed by atoms with Gasteiger partial charge in [-0.05, 0) is 17.5 Å². The molecule has 0 fully saturated rings. The first kappa shape index (κ1) is 20.4. The molecule has 0 radical (unpaired) electrons. The van der Waals surface area contributed by atoms with Crippen molar-refractivity contribution in [3.8, 4) is 0 Å². The first-order chi connectivity index (χ1) is 14.2. The Morgan fingerprint density at radius 1 is 1.07 bits per heavy atom. The number of alkyl carbamates (subject to hydrolysis) is 1. The number of carbonyl (C=O) groups is 2. The van der Waals surface area contributed by atoms with E-state index in [4.69, 9.17) is 14.2 Å². The number of hydrogen-bond acceptors (Lipinski definition) is 6. The Kier molecular flexibility index (Phi) is 7.22. The van der Waals surface area contributed by atoms with Crippen molar-refractivity contribution in [3.05, 3.63) is 71.8 Å². The Balaban J connectivity index is 1.45. The second kappa shape index (κ2) is 10.3. The summed E-state index contributed by atoms with van der Waals surface area (Å²) in [5.74, 6) is 0.0222. The van der Waals surface area contributed by atoms with E-state index in [1.54, 1.807) is 0 Å². The Hall–Kier alpha value is -3.35. The molecule has 3 rings (SSSR count). The lowest BCUT2D eigenvalue weighted by molar-refractivity contribution is -0.149. The predicted molar refractivity (Wildman–Crippen MR) is 107 cm³/mol. The number of esters is 1. The number of ether oxygens (including phenoxy) is 3. The van der Waals surface area contributed by atoms with Crippen molar-refractivity contribution in [2.45, 2.75) is 31.6 Å². The molecule has 1 N–H and O–H groups in total. The van der Waals surface area contributed by atoms with Gasteiger partial charge in [0.15, 0.2) is 5.90 Å². The summed E-state index contributed by atoms with van der Waals surface area (Å²) in [6.45, 7) is 0.636. The second-order valence-electron chi connectivity index (χ2n) is 6.53. The normalized spacial score (nSPS) is 17.8. The maximum Gasteiger partial charge on any atom is 0.407 e. The highest BCUT2D eigenvalue weighted by molar-refractivity contribution is 5.86. The van der Waals surface area contributed by atoms with Gasteiger partial charge >= 0.3 is 12.1 Å². The Bertz CT molecular complexity index is 839. The molecule has 1 aliphatic rings. The monoisotopic (exact) mass is 396 g/mol. The van der Waals surface area contributed by atoms with E-state index in [0.717, 1.165) is 11.1 Å². The summed E-state index contributed by atoms with van der Waals surface area (Å²) >= 11 is 0. The van der Waals surface area contributed by atoms with Crippen LogP contribution in [0.5, 0.6) is 0 Å². The molecule has 0 aromatic heterocycles. The summed E-state index contributed by atoms with van der Waals surface area (Å²) in [4.78, 5) is 28.4. The first-order valence-electron chi connectivity index (χ1n) is 9.48. The molecule has 0 unspecified atom stereocenters. The topological polar surface area (TPSA) is 86.2 Å². The Morgan fingerprint density at radius 2 is 1.76 bits per heavy atom. The quantitative estimate of drug-likeness (QED) is 0.546. The molecule has 1 aliphatic heterocycles. The fourth-order valence-corrected chi connectivity index (χ4v) is 2.98. The molecule has 7 nitrogen and oxygen atoms in total. The number of carbonyl (C=O) groups excluding carboxylic acids is 2. The highest BCUT2D eigenvalue weighted by Gasteiger charge is 2.38. The van der Waals surface area contributed by atoms with Crippen LogP contribution in [0.4, 0.5) is 4.79 Å². The molecule has 29 heavy (non-hydrogen) atoms. The van der Waals surface area contributed by atoms with Gasteiger partial charge in [-0.1, -0.05) is 60.7 Å². The number of aliphatic imine (C=N–C) groups is 1. The van der Waals surface area contributed by atoms with E-state index < -0.39 is 24.2 Å². The molecule has 0 aliphatic carbocycles. The smallest absolute Gasteiger partial charge is 0.407 e. The molecule has 7 heteroatoms. The zero-order chi connectivity index (χ0) is 20.5. The molecular weight excluding hydrogens is 372 g/mol. The molecule has 152 valence electrons. The molecule has 2 aromatic rings. The molecule has 1 amide bonds. The zero-order valence-corrected chi connectivity index (χ0v) is 16.2. The third-order valence-corrected chi connectivity index (χ3v) is 4.46. The van der Waals surface area contributed by atoms with E-state index >= 15 is 0 Å². The highest BCUT2D eigenvalue weighted by Crippen LogP contribution is 2.30. The van der Waals surface area contributed by atoms with Gasteiger partial charge in [0.1, 0.15) is 12.6 Å². The van der Waals surface area contributed by atoms with Crippen molar-refractivity contribution in [2.75, 3.05) is 13.7 Å². The molecule has 2 aromatic carbocycles. The van der Waals surface area contributed by atoms with E-state index in [1.807, 2.05) is 60.7 Å². The van der Waals surface area contributed by atoms with Crippen LogP contribution in [0.3, 0.4) is 0 Å². The predicted octanol–water partition coefficient (Wildman–Crippen LogP) is 3.40. The molecule has 2 atom stereocenters. The van der Waals surface area contributed by atoms with Crippen LogP contribution in [0.2, 0.25) is 0 Å². The summed E-state index contributed by atoms with van der Waals surface area (Å²) < 4.78 is 15.7. The third-order valence-electron chi connectivity index (χ3n) is 4.46. The SMILES string of the molecule is COC(=O)[C@@H]1OC(CCCNC(=O)OCc2ccccc2)=N[C@H]1c1ccccc1. The Labute approximate surface area is 169 Å². The molecule has 1 heterocycles. The first-order valence-corrected chi connectivity index (χ1v) is 9.48. The molecule has 0 saturated carbocycles. The van der Waals surface area contributed by atoms with Crippen molar-refractivity contribution in [1.29, 1.82) is 0 Å². The van der Waals surface area contributed by atoms with Gasteiger partial charge in [0.2, 0.25) is 6.10 Å². The average molecular weight is 396 g/mol. The van der Waals surface area contributed by atoms with Crippen molar-refractivity contribution < 1.29 is 23.8 Å². The van der Waals surface area contributed by atoms with E-state index in [9.17, 15) is 9.59 Å². The highest BCUT2D eigenvalue weighted by atomic mass is 16.6. The number of methoxy groups -OCH3 is 1.